The average molecular weight is 246 g/mol. The first-order chi connectivity index (χ1) is 8.52. The third-order valence-corrected chi connectivity index (χ3v) is 3.25. The van der Waals surface area contributed by atoms with Gasteiger partial charge in [0.25, 0.3) is 0 Å². The van der Waals surface area contributed by atoms with Gasteiger partial charge in [-0.3, -0.25) is 0 Å². The zero-order chi connectivity index (χ0) is 13.2. The van der Waals surface area contributed by atoms with Gasteiger partial charge in [-0.15, -0.1) is 0 Å². The number of hydrogen-bond donors (Lipinski definition) is 1. The molecule has 3 nitrogen and oxygen atoms in total. The maximum absolute atomic E-state index is 5.77. The summed E-state index contributed by atoms with van der Waals surface area (Å²) in [5.74, 6) is 0. The second-order valence-corrected chi connectivity index (χ2v) is 5.80. The van der Waals surface area contributed by atoms with Gasteiger partial charge >= 0.3 is 0 Å². The average Bonchev–Trinajstić information content (AvgIpc) is 2.72. The standard InChI is InChI=1S/C15H22N2O/c1-15(2,10-16)11-17(3)8-12-9-18-14-7-5-4-6-13(12)14/h4-7,9H,8,10-11,16H2,1-3H3. The van der Waals surface area contributed by atoms with Gasteiger partial charge in [0.05, 0.1) is 6.26 Å². The van der Waals surface area contributed by atoms with E-state index in [0.29, 0.717) is 6.54 Å². The molecule has 0 aliphatic rings. The second-order valence-electron chi connectivity index (χ2n) is 5.80. The smallest absolute Gasteiger partial charge is 0.134 e. The minimum atomic E-state index is 0.147. The van der Waals surface area contributed by atoms with Crippen molar-refractivity contribution in [2.24, 2.45) is 11.1 Å². The largest absolute Gasteiger partial charge is 0.464 e. The third-order valence-electron chi connectivity index (χ3n) is 3.25. The van der Waals surface area contributed by atoms with E-state index in [1.54, 1.807) is 0 Å². The van der Waals surface area contributed by atoms with Crippen molar-refractivity contribution in [1.29, 1.82) is 0 Å². The van der Waals surface area contributed by atoms with E-state index in [-0.39, 0.29) is 5.41 Å². The van der Waals surface area contributed by atoms with Crippen LogP contribution in [0.4, 0.5) is 0 Å². The zero-order valence-corrected chi connectivity index (χ0v) is 11.4. The van der Waals surface area contributed by atoms with E-state index in [4.69, 9.17) is 10.2 Å². The normalized spacial score (nSPS) is 12.5. The van der Waals surface area contributed by atoms with Gasteiger partial charge in [-0.2, -0.15) is 0 Å². The number of fused-ring (bicyclic) bond motifs is 1. The predicted molar refractivity (Wildman–Crippen MR) is 75.4 cm³/mol. The quantitative estimate of drug-likeness (QED) is 0.882. The Balaban J connectivity index is 2.09. The van der Waals surface area contributed by atoms with Crippen LogP contribution in [-0.4, -0.2) is 25.0 Å². The summed E-state index contributed by atoms with van der Waals surface area (Å²) in [6.07, 6.45) is 1.86. The number of hydrogen-bond acceptors (Lipinski definition) is 3. The fourth-order valence-corrected chi connectivity index (χ4v) is 2.30. The van der Waals surface area contributed by atoms with Crippen LogP contribution in [0, 0.1) is 5.41 Å². The van der Waals surface area contributed by atoms with Crippen molar-refractivity contribution in [3.8, 4) is 0 Å². The maximum Gasteiger partial charge on any atom is 0.134 e. The van der Waals surface area contributed by atoms with Crippen LogP contribution in [0.5, 0.6) is 0 Å². The molecular formula is C15H22N2O. The van der Waals surface area contributed by atoms with Crippen LogP contribution in [0.15, 0.2) is 34.9 Å². The van der Waals surface area contributed by atoms with Gasteiger partial charge in [-0.25, -0.2) is 0 Å². The molecule has 2 aromatic rings. The van der Waals surface area contributed by atoms with Gasteiger partial charge in [0, 0.05) is 24.0 Å². The van der Waals surface area contributed by atoms with Crippen molar-refractivity contribution >= 4 is 11.0 Å². The highest BCUT2D eigenvalue weighted by Crippen LogP contribution is 2.23. The van der Waals surface area contributed by atoms with Gasteiger partial charge < -0.3 is 15.1 Å². The molecule has 1 heterocycles. The maximum atomic E-state index is 5.77. The first-order valence-electron chi connectivity index (χ1n) is 6.35. The molecule has 0 bridgehead atoms. The van der Waals surface area contributed by atoms with Gasteiger partial charge in [0.15, 0.2) is 0 Å². The molecule has 18 heavy (non-hydrogen) atoms. The van der Waals surface area contributed by atoms with Gasteiger partial charge in [-0.05, 0) is 25.1 Å². The molecule has 0 amide bonds. The highest BCUT2D eigenvalue weighted by atomic mass is 16.3. The Bertz CT molecular complexity index is 516. The zero-order valence-electron chi connectivity index (χ0n) is 11.4. The minimum Gasteiger partial charge on any atom is -0.464 e. The molecule has 0 aliphatic heterocycles. The number of rotatable bonds is 5. The molecule has 98 valence electrons. The highest BCUT2D eigenvalue weighted by Gasteiger charge is 2.18. The van der Waals surface area contributed by atoms with Crippen LogP contribution in [0.3, 0.4) is 0 Å². The predicted octanol–water partition coefficient (Wildman–Crippen LogP) is 2.85. The van der Waals surface area contributed by atoms with Crippen molar-refractivity contribution in [3.63, 3.8) is 0 Å². The van der Waals surface area contributed by atoms with E-state index in [1.807, 2.05) is 24.5 Å². The number of benzene rings is 1. The first kappa shape index (κ1) is 13.1. The summed E-state index contributed by atoms with van der Waals surface area (Å²) < 4.78 is 5.56. The molecule has 0 atom stereocenters. The van der Waals surface area contributed by atoms with Crippen molar-refractivity contribution in [2.45, 2.75) is 20.4 Å². The Labute approximate surface area is 109 Å². The lowest BCUT2D eigenvalue weighted by Crippen LogP contribution is -2.36. The van der Waals surface area contributed by atoms with Crippen molar-refractivity contribution in [1.82, 2.24) is 4.90 Å². The van der Waals surface area contributed by atoms with Crippen LogP contribution in [-0.2, 0) is 6.54 Å². The van der Waals surface area contributed by atoms with Crippen LogP contribution in [0.1, 0.15) is 19.4 Å². The molecule has 0 aliphatic carbocycles. The lowest BCUT2D eigenvalue weighted by atomic mass is 9.93. The van der Waals surface area contributed by atoms with Crippen LogP contribution < -0.4 is 5.73 Å². The Morgan fingerprint density at radius 2 is 2.00 bits per heavy atom. The summed E-state index contributed by atoms with van der Waals surface area (Å²) in [6.45, 7) is 6.95. The molecule has 2 rings (SSSR count). The van der Waals surface area contributed by atoms with E-state index in [0.717, 1.165) is 18.7 Å². The van der Waals surface area contributed by atoms with E-state index in [9.17, 15) is 0 Å². The van der Waals surface area contributed by atoms with E-state index >= 15 is 0 Å². The highest BCUT2D eigenvalue weighted by molar-refractivity contribution is 5.80. The number of nitrogens with zero attached hydrogens (tertiary/aromatic N) is 1. The molecule has 0 unspecified atom stereocenters. The molecule has 0 fully saturated rings. The number of nitrogens with two attached hydrogens (primary N) is 1. The fourth-order valence-electron chi connectivity index (χ4n) is 2.30. The molecule has 3 heteroatoms. The van der Waals surface area contributed by atoms with Crippen LogP contribution in [0.25, 0.3) is 11.0 Å². The SMILES string of the molecule is CN(Cc1coc2ccccc12)CC(C)(C)CN. The number of para-hydroxylation sites is 1. The molecule has 0 spiro atoms. The summed E-state index contributed by atoms with van der Waals surface area (Å²) >= 11 is 0. The summed E-state index contributed by atoms with van der Waals surface area (Å²) in [6, 6.07) is 8.15. The topological polar surface area (TPSA) is 42.4 Å². The molecule has 0 saturated carbocycles. The Kier molecular flexibility index (Phi) is 3.73. The van der Waals surface area contributed by atoms with Gasteiger partial charge in [0.2, 0.25) is 0 Å². The molecule has 0 radical (unpaired) electrons. The molecule has 2 N–H and O–H groups in total. The summed E-state index contributed by atoms with van der Waals surface area (Å²) in [4.78, 5) is 2.30. The van der Waals surface area contributed by atoms with Gasteiger partial charge in [0.1, 0.15) is 5.58 Å². The Hall–Kier alpha value is -1.32. The molecule has 1 aromatic carbocycles. The molecular weight excluding hydrogens is 224 g/mol. The third kappa shape index (κ3) is 2.92. The molecule has 0 saturated heterocycles. The summed E-state index contributed by atoms with van der Waals surface area (Å²) in [7, 11) is 2.12. The molecule has 1 aromatic heterocycles. The Morgan fingerprint density at radius 3 is 2.72 bits per heavy atom. The summed E-state index contributed by atoms with van der Waals surface area (Å²) in [5, 5.41) is 1.20. The Morgan fingerprint density at radius 1 is 1.28 bits per heavy atom. The van der Waals surface area contributed by atoms with E-state index in [2.05, 4.69) is 31.9 Å². The lowest BCUT2D eigenvalue weighted by molar-refractivity contribution is 0.210. The van der Waals surface area contributed by atoms with Crippen molar-refractivity contribution < 1.29 is 4.42 Å². The second kappa shape index (κ2) is 5.12. The van der Waals surface area contributed by atoms with Crippen LogP contribution in [0.2, 0.25) is 0 Å². The van der Waals surface area contributed by atoms with Crippen molar-refractivity contribution in [3.05, 3.63) is 36.1 Å². The first-order valence-corrected chi connectivity index (χ1v) is 6.35. The van der Waals surface area contributed by atoms with Gasteiger partial charge in [-0.1, -0.05) is 32.0 Å². The number of furan rings is 1. The minimum absolute atomic E-state index is 0.147. The van der Waals surface area contributed by atoms with Crippen molar-refractivity contribution in [2.75, 3.05) is 20.1 Å². The van der Waals surface area contributed by atoms with Crippen LogP contribution >= 0.6 is 0 Å². The van der Waals surface area contributed by atoms with E-state index < -0.39 is 0 Å². The lowest BCUT2D eigenvalue weighted by Gasteiger charge is -2.28. The summed E-state index contributed by atoms with van der Waals surface area (Å²) in [5.41, 5.74) is 8.11. The fraction of sp³-hybridized carbons (Fsp3) is 0.467. The monoisotopic (exact) mass is 246 g/mol. The van der Waals surface area contributed by atoms with E-state index in [1.165, 1.54) is 10.9 Å².